The van der Waals surface area contributed by atoms with Gasteiger partial charge in [0, 0.05) is 5.69 Å². The molecule has 1 aromatic carbocycles. The Labute approximate surface area is 150 Å². The van der Waals surface area contributed by atoms with E-state index in [9.17, 15) is 4.79 Å². The fourth-order valence-corrected chi connectivity index (χ4v) is 2.80. The van der Waals surface area contributed by atoms with Crippen LogP contribution in [0.4, 0.5) is 17.2 Å². The van der Waals surface area contributed by atoms with Crippen molar-refractivity contribution < 1.29 is 9.53 Å². The predicted octanol–water partition coefficient (Wildman–Crippen LogP) is 4.93. The highest BCUT2D eigenvalue weighted by Gasteiger charge is 2.07. The highest BCUT2D eigenvalue weighted by molar-refractivity contribution is 7.12. The summed E-state index contributed by atoms with van der Waals surface area (Å²) in [6.07, 6.45) is 1.78. The van der Waals surface area contributed by atoms with Gasteiger partial charge in [-0.3, -0.25) is 4.79 Å². The molecule has 3 aromatic rings. The number of amides is 1. The molecule has 0 aliphatic carbocycles. The molecule has 2 aromatic heterocycles. The molecule has 2 heterocycles. The van der Waals surface area contributed by atoms with Crippen molar-refractivity contribution in [3.8, 4) is 5.75 Å². The van der Waals surface area contributed by atoms with Gasteiger partial charge in [-0.15, -0.1) is 11.3 Å². The number of nitrogens with one attached hydrogen (secondary N) is 2. The van der Waals surface area contributed by atoms with Crippen molar-refractivity contribution >= 4 is 34.4 Å². The number of rotatable bonds is 6. The van der Waals surface area contributed by atoms with Crippen LogP contribution < -0.4 is 15.4 Å². The van der Waals surface area contributed by atoms with Crippen molar-refractivity contribution in [2.24, 2.45) is 0 Å². The maximum absolute atomic E-state index is 12.0. The van der Waals surface area contributed by atoms with Crippen molar-refractivity contribution in [3.63, 3.8) is 0 Å². The van der Waals surface area contributed by atoms with Gasteiger partial charge in [-0.2, -0.15) is 0 Å². The zero-order chi connectivity index (χ0) is 17.6. The number of thiophene rings is 1. The largest absolute Gasteiger partial charge is 0.491 e. The lowest BCUT2D eigenvalue weighted by molar-refractivity contribution is 0.103. The molecule has 0 bridgehead atoms. The molecule has 0 aliphatic heterocycles. The summed E-state index contributed by atoms with van der Waals surface area (Å²) >= 11 is 1.40. The van der Waals surface area contributed by atoms with E-state index in [-0.39, 0.29) is 12.0 Å². The van der Waals surface area contributed by atoms with Crippen LogP contribution in [0.2, 0.25) is 0 Å². The number of pyridine rings is 1. The van der Waals surface area contributed by atoms with Gasteiger partial charge in [0.05, 0.1) is 22.9 Å². The maximum atomic E-state index is 12.0. The standard InChI is InChI=1S/C19H19N3O2S/c1-13(2)24-16-8-5-14(6-9-16)21-18-10-7-15(12-20-18)22-19(23)17-4-3-11-25-17/h3-13H,1-2H3,(H,20,21)(H,22,23). The van der Waals surface area contributed by atoms with Gasteiger partial charge in [-0.25, -0.2) is 4.98 Å². The predicted molar refractivity (Wildman–Crippen MR) is 102 cm³/mol. The van der Waals surface area contributed by atoms with Crippen molar-refractivity contribution in [2.45, 2.75) is 20.0 Å². The Hall–Kier alpha value is -2.86. The monoisotopic (exact) mass is 353 g/mol. The first-order valence-corrected chi connectivity index (χ1v) is 8.83. The normalized spacial score (nSPS) is 10.5. The molecule has 0 atom stereocenters. The molecule has 5 nitrogen and oxygen atoms in total. The van der Waals surface area contributed by atoms with Crippen LogP contribution in [0.1, 0.15) is 23.5 Å². The van der Waals surface area contributed by atoms with Crippen LogP contribution in [0.3, 0.4) is 0 Å². The fourth-order valence-electron chi connectivity index (χ4n) is 2.18. The Morgan fingerprint density at radius 3 is 2.44 bits per heavy atom. The van der Waals surface area contributed by atoms with E-state index in [1.165, 1.54) is 11.3 Å². The van der Waals surface area contributed by atoms with Gasteiger partial charge in [-0.1, -0.05) is 6.07 Å². The number of benzene rings is 1. The number of hydrogen-bond acceptors (Lipinski definition) is 5. The average molecular weight is 353 g/mol. The summed E-state index contributed by atoms with van der Waals surface area (Å²) in [6.45, 7) is 3.99. The van der Waals surface area contributed by atoms with E-state index in [4.69, 9.17) is 4.74 Å². The number of ether oxygens (including phenoxy) is 1. The molecule has 25 heavy (non-hydrogen) atoms. The molecule has 0 saturated carbocycles. The summed E-state index contributed by atoms with van der Waals surface area (Å²) < 4.78 is 5.62. The molecule has 0 saturated heterocycles. The molecule has 0 unspecified atom stereocenters. The van der Waals surface area contributed by atoms with E-state index in [0.29, 0.717) is 16.4 Å². The minimum atomic E-state index is -0.127. The molecule has 2 N–H and O–H groups in total. The summed E-state index contributed by atoms with van der Waals surface area (Å²) in [4.78, 5) is 17.0. The van der Waals surface area contributed by atoms with Crippen LogP contribution in [0.5, 0.6) is 5.75 Å². The first-order valence-electron chi connectivity index (χ1n) is 7.95. The summed E-state index contributed by atoms with van der Waals surface area (Å²) in [5.41, 5.74) is 1.57. The van der Waals surface area contributed by atoms with Gasteiger partial charge in [0.2, 0.25) is 0 Å². The number of carbonyl (C=O) groups is 1. The Bertz CT molecular complexity index is 813. The topological polar surface area (TPSA) is 63.2 Å². The molecule has 128 valence electrons. The lowest BCUT2D eigenvalue weighted by Gasteiger charge is -2.11. The molecule has 0 aliphatic rings. The summed E-state index contributed by atoms with van der Waals surface area (Å²) in [7, 11) is 0. The van der Waals surface area contributed by atoms with E-state index < -0.39 is 0 Å². The smallest absolute Gasteiger partial charge is 0.265 e. The summed E-state index contributed by atoms with van der Waals surface area (Å²) in [5.74, 6) is 1.41. The van der Waals surface area contributed by atoms with Gasteiger partial charge >= 0.3 is 0 Å². The molecule has 3 rings (SSSR count). The maximum Gasteiger partial charge on any atom is 0.265 e. The van der Waals surface area contributed by atoms with Crippen LogP contribution in [0.15, 0.2) is 60.1 Å². The third-order valence-electron chi connectivity index (χ3n) is 3.26. The molecule has 6 heteroatoms. The Morgan fingerprint density at radius 2 is 1.84 bits per heavy atom. The van der Waals surface area contributed by atoms with Gasteiger partial charge < -0.3 is 15.4 Å². The highest BCUT2D eigenvalue weighted by Crippen LogP contribution is 2.21. The minimum absolute atomic E-state index is 0.127. The quantitative estimate of drug-likeness (QED) is 0.660. The number of hydrogen-bond donors (Lipinski definition) is 2. The second-order valence-corrected chi connectivity index (χ2v) is 6.63. The average Bonchev–Trinajstić information content (AvgIpc) is 3.13. The van der Waals surface area contributed by atoms with E-state index >= 15 is 0 Å². The Morgan fingerprint density at radius 1 is 1.08 bits per heavy atom. The zero-order valence-corrected chi connectivity index (χ0v) is 14.8. The molecule has 0 fully saturated rings. The highest BCUT2D eigenvalue weighted by atomic mass is 32.1. The lowest BCUT2D eigenvalue weighted by Crippen LogP contribution is -2.10. The van der Waals surface area contributed by atoms with Gasteiger partial charge in [-0.05, 0) is 61.7 Å². The third kappa shape index (κ3) is 4.81. The summed E-state index contributed by atoms with van der Waals surface area (Å²) in [5, 5.41) is 7.91. The fraction of sp³-hybridized carbons (Fsp3) is 0.158. The first kappa shape index (κ1) is 17.0. The van der Waals surface area contributed by atoms with Crippen LogP contribution in [0.25, 0.3) is 0 Å². The zero-order valence-electron chi connectivity index (χ0n) is 14.0. The Balaban J connectivity index is 1.59. The van der Waals surface area contributed by atoms with Gasteiger partial charge in [0.25, 0.3) is 5.91 Å². The molecular weight excluding hydrogens is 334 g/mol. The second-order valence-electron chi connectivity index (χ2n) is 5.68. The van der Waals surface area contributed by atoms with Crippen molar-refractivity contribution in [1.82, 2.24) is 4.98 Å². The van der Waals surface area contributed by atoms with E-state index in [1.54, 1.807) is 12.3 Å². The van der Waals surface area contributed by atoms with E-state index in [0.717, 1.165) is 11.4 Å². The SMILES string of the molecule is CC(C)Oc1ccc(Nc2ccc(NC(=O)c3cccs3)cn2)cc1. The summed E-state index contributed by atoms with van der Waals surface area (Å²) in [6, 6.07) is 15.0. The molecule has 0 radical (unpaired) electrons. The minimum Gasteiger partial charge on any atom is -0.491 e. The van der Waals surface area contributed by atoms with Crippen LogP contribution in [-0.4, -0.2) is 17.0 Å². The lowest BCUT2D eigenvalue weighted by atomic mass is 10.3. The Kier molecular flexibility index (Phi) is 5.30. The van der Waals surface area contributed by atoms with E-state index in [1.807, 2.05) is 61.7 Å². The second kappa shape index (κ2) is 7.81. The number of nitrogens with zero attached hydrogens (tertiary/aromatic N) is 1. The van der Waals surface area contributed by atoms with Gasteiger partial charge in [0.1, 0.15) is 11.6 Å². The number of carbonyl (C=O) groups excluding carboxylic acids is 1. The van der Waals surface area contributed by atoms with Crippen molar-refractivity contribution in [2.75, 3.05) is 10.6 Å². The molecule has 0 spiro atoms. The first-order chi connectivity index (χ1) is 12.1. The van der Waals surface area contributed by atoms with Crippen LogP contribution in [-0.2, 0) is 0 Å². The van der Waals surface area contributed by atoms with Crippen LogP contribution in [0, 0.1) is 0 Å². The van der Waals surface area contributed by atoms with Crippen LogP contribution >= 0.6 is 11.3 Å². The number of anilines is 3. The number of aromatic nitrogens is 1. The van der Waals surface area contributed by atoms with Crippen molar-refractivity contribution in [3.05, 3.63) is 65.0 Å². The van der Waals surface area contributed by atoms with Crippen molar-refractivity contribution in [1.29, 1.82) is 0 Å². The van der Waals surface area contributed by atoms with E-state index in [2.05, 4.69) is 15.6 Å². The molecular formula is C19H19N3O2S. The third-order valence-corrected chi connectivity index (χ3v) is 4.13. The molecule has 1 amide bonds. The van der Waals surface area contributed by atoms with Gasteiger partial charge in [0.15, 0.2) is 0 Å².